The van der Waals surface area contributed by atoms with E-state index in [0.29, 0.717) is 26.9 Å². The van der Waals surface area contributed by atoms with Crippen LogP contribution >= 0.6 is 24.0 Å². The first-order valence-electron chi connectivity index (χ1n) is 9.74. The van der Waals surface area contributed by atoms with Gasteiger partial charge in [0.2, 0.25) is 0 Å². The molecule has 1 heterocycles. The average Bonchev–Trinajstić information content (AvgIpc) is 3.05. The minimum Gasteiger partial charge on any atom is -0.497 e. The smallest absolute Gasteiger partial charge is 0.199 e. The van der Waals surface area contributed by atoms with E-state index in [1.165, 1.54) is 17.8 Å². The van der Waals surface area contributed by atoms with Gasteiger partial charge >= 0.3 is 0 Å². The van der Waals surface area contributed by atoms with Gasteiger partial charge in [0.1, 0.15) is 10.1 Å². The number of hydrogen-bond acceptors (Lipinski definition) is 5. The van der Waals surface area contributed by atoms with Gasteiger partial charge in [0.15, 0.2) is 11.5 Å². The molecule has 1 fully saturated rings. The highest BCUT2D eigenvalue weighted by Crippen LogP contribution is 2.49. The number of benzene rings is 3. The second-order valence-corrected chi connectivity index (χ2v) is 8.76. The molecule has 31 heavy (non-hydrogen) atoms. The summed E-state index contributed by atoms with van der Waals surface area (Å²) < 4.78 is 5.74. The lowest BCUT2D eigenvalue weighted by Gasteiger charge is -2.35. The summed E-state index contributed by atoms with van der Waals surface area (Å²) in [7, 11) is 1.62. The monoisotopic (exact) mass is 447 g/mol. The standard InChI is InChI=1S/C25H21NO3S2/c1-29-21-14-12-18(13-15-21)17-26-24(30)31-23(16-22(27)19-8-4-2-5-9-19)25(26,28)20-10-6-3-7-11-20/h2-16,28H,17H2,1H3/b23-16-. The predicted molar refractivity (Wildman–Crippen MR) is 128 cm³/mol. The first kappa shape index (κ1) is 21.3. The van der Waals surface area contributed by atoms with Crippen LogP contribution in [0.4, 0.5) is 0 Å². The van der Waals surface area contributed by atoms with Gasteiger partial charge in [-0.2, -0.15) is 0 Å². The highest BCUT2D eigenvalue weighted by Gasteiger charge is 2.48. The number of rotatable bonds is 6. The number of thiocarbonyl (C=S) groups is 1. The largest absolute Gasteiger partial charge is 0.497 e. The zero-order valence-electron chi connectivity index (χ0n) is 16.9. The normalized spacial score (nSPS) is 19.6. The van der Waals surface area contributed by atoms with Crippen molar-refractivity contribution in [1.82, 2.24) is 4.90 Å². The van der Waals surface area contributed by atoms with Crippen molar-refractivity contribution >= 4 is 34.1 Å². The van der Waals surface area contributed by atoms with Crippen LogP contribution in [0.1, 0.15) is 21.5 Å². The van der Waals surface area contributed by atoms with Crippen LogP contribution in [0.25, 0.3) is 0 Å². The quantitative estimate of drug-likeness (QED) is 0.321. The van der Waals surface area contributed by atoms with Crippen molar-refractivity contribution in [3.63, 3.8) is 0 Å². The highest BCUT2D eigenvalue weighted by atomic mass is 32.2. The van der Waals surface area contributed by atoms with Crippen molar-refractivity contribution in [1.29, 1.82) is 0 Å². The third-order valence-electron chi connectivity index (χ3n) is 5.15. The van der Waals surface area contributed by atoms with Crippen LogP contribution < -0.4 is 4.74 Å². The number of ketones is 1. The molecule has 4 rings (SSSR count). The van der Waals surface area contributed by atoms with E-state index in [4.69, 9.17) is 17.0 Å². The number of allylic oxidation sites excluding steroid dienone is 1. The molecule has 0 aromatic heterocycles. The SMILES string of the molecule is COc1ccc(CN2C(=S)S/C(=C\C(=O)c3ccccc3)C2(O)c2ccccc2)cc1. The van der Waals surface area contributed by atoms with Crippen LogP contribution in [0.5, 0.6) is 5.75 Å². The van der Waals surface area contributed by atoms with Gasteiger partial charge in [-0.3, -0.25) is 4.79 Å². The van der Waals surface area contributed by atoms with Gasteiger partial charge in [-0.25, -0.2) is 0 Å². The average molecular weight is 448 g/mol. The number of hydrogen-bond donors (Lipinski definition) is 1. The fourth-order valence-corrected chi connectivity index (χ4v) is 4.98. The Hall–Kier alpha value is -2.93. The zero-order valence-corrected chi connectivity index (χ0v) is 18.5. The van der Waals surface area contributed by atoms with Gasteiger partial charge in [0.25, 0.3) is 0 Å². The third-order valence-corrected chi connectivity index (χ3v) is 6.64. The second kappa shape index (κ2) is 9.06. The molecule has 0 saturated carbocycles. The molecule has 6 heteroatoms. The van der Waals surface area contributed by atoms with Crippen molar-refractivity contribution in [3.05, 3.63) is 113 Å². The molecule has 1 saturated heterocycles. The Labute approximate surface area is 191 Å². The van der Waals surface area contributed by atoms with Gasteiger partial charge in [-0.15, -0.1) is 0 Å². The Morgan fingerprint density at radius 2 is 1.65 bits per heavy atom. The molecule has 0 spiro atoms. The summed E-state index contributed by atoms with van der Waals surface area (Å²) in [5, 5.41) is 12.0. The van der Waals surface area contributed by atoms with Gasteiger partial charge in [0, 0.05) is 23.7 Å². The third kappa shape index (κ3) is 4.28. The minimum absolute atomic E-state index is 0.174. The lowest BCUT2D eigenvalue weighted by molar-refractivity contribution is -0.0314. The summed E-state index contributed by atoms with van der Waals surface area (Å²) in [6, 6.07) is 25.9. The molecule has 0 radical (unpaired) electrons. The molecule has 0 amide bonds. The highest BCUT2D eigenvalue weighted by molar-refractivity contribution is 8.25. The molecule has 4 nitrogen and oxygen atoms in total. The molecule has 1 aliphatic heterocycles. The molecular formula is C25H21NO3S2. The number of carbonyl (C=O) groups is 1. The summed E-state index contributed by atoms with van der Waals surface area (Å²) in [5.41, 5.74) is 0.648. The maximum Gasteiger partial charge on any atom is 0.199 e. The van der Waals surface area contributed by atoms with Gasteiger partial charge in [-0.05, 0) is 17.7 Å². The first-order chi connectivity index (χ1) is 15.0. The van der Waals surface area contributed by atoms with Crippen LogP contribution in [0.15, 0.2) is 95.9 Å². The van der Waals surface area contributed by atoms with E-state index in [1.807, 2.05) is 72.8 Å². The molecule has 1 N–H and O–H groups in total. The Kier molecular flexibility index (Phi) is 6.23. The van der Waals surface area contributed by atoms with E-state index in [0.717, 1.165) is 11.3 Å². The molecule has 1 atom stereocenters. The number of nitrogens with zero attached hydrogens (tertiary/aromatic N) is 1. The minimum atomic E-state index is -1.53. The summed E-state index contributed by atoms with van der Waals surface area (Å²) in [5.74, 6) is 0.584. The van der Waals surface area contributed by atoms with E-state index in [2.05, 4.69) is 0 Å². The van der Waals surface area contributed by atoms with E-state index >= 15 is 0 Å². The number of carbonyl (C=O) groups excluding carboxylic acids is 1. The van der Waals surface area contributed by atoms with Crippen LogP contribution in [0.2, 0.25) is 0 Å². The zero-order chi connectivity index (χ0) is 21.8. The van der Waals surface area contributed by atoms with E-state index in [-0.39, 0.29) is 5.78 Å². The topological polar surface area (TPSA) is 49.8 Å². The molecule has 0 aliphatic carbocycles. The van der Waals surface area contributed by atoms with Crippen molar-refractivity contribution in [3.8, 4) is 5.75 Å². The Morgan fingerprint density at radius 3 is 2.26 bits per heavy atom. The lowest BCUT2D eigenvalue weighted by Crippen LogP contribution is -2.43. The number of ether oxygens (including phenoxy) is 1. The Morgan fingerprint density at radius 1 is 1.03 bits per heavy atom. The van der Waals surface area contributed by atoms with Crippen molar-refractivity contribution < 1.29 is 14.6 Å². The fourth-order valence-electron chi connectivity index (χ4n) is 3.48. The number of methoxy groups -OCH3 is 1. The Bertz CT molecular complexity index is 1110. The molecule has 3 aromatic carbocycles. The van der Waals surface area contributed by atoms with Gasteiger partial charge < -0.3 is 14.7 Å². The summed E-state index contributed by atoms with van der Waals surface area (Å²) in [4.78, 5) is 15.1. The van der Waals surface area contributed by atoms with Crippen LogP contribution in [-0.2, 0) is 12.3 Å². The summed E-state index contributed by atoms with van der Waals surface area (Å²) in [6.45, 7) is 0.387. The van der Waals surface area contributed by atoms with Crippen molar-refractivity contribution in [2.75, 3.05) is 7.11 Å². The van der Waals surface area contributed by atoms with Crippen LogP contribution in [-0.4, -0.2) is 27.2 Å². The maximum absolute atomic E-state index is 12.9. The van der Waals surface area contributed by atoms with Gasteiger partial charge in [0.05, 0.1) is 12.0 Å². The molecule has 156 valence electrons. The lowest BCUT2D eigenvalue weighted by atomic mass is 9.98. The molecule has 0 bridgehead atoms. The van der Waals surface area contributed by atoms with Crippen molar-refractivity contribution in [2.45, 2.75) is 12.3 Å². The van der Waals surface area contributed by atoms with Crippen LogP contribution in [0, 0.1) is 0 Å². The fraction of sp³-hybridized carbons (Fsp3) is 0.120. The van der Waals surface area contributed by atoms with Crippen LogP contribution in [0.3, 0.4) is 0 Å². The number of thioether (sulfide) groups is 1. The number of aliphatic hydroxyl groups is 1. The first-order valence-corrected chi connectivity index (χ1v) is 11.0. The van der Waals surface area contributed by atoms with Gasteiger partial charge in [-0.1, -0.05) is 96.8 Å². The second-order valence-electron chi connectivity index (χ2n) is 7.08. The molecule has 1 aliphatic rings. The summed E-state index contributed by atoms with van der Waals surface area (Å²) in [6.07, 6.45) is 1.49. The van der Waals surface area contributed by atoms with E-state index < -0.39 is 5.72 Å². The molecule has 3 aromatic rings. The maximum atomic E-state index is 12.9. The summed E-state index contributed by atoms with van der Waals surface area (Å²) >= 11 is 6.88. The Balaban J connectivity index is 1.74. The molecular weight excluding hydrogens is 426 g/mol. The van der Waals surface area contributed by atoms with E-state index in [1.54, 1.807) is 24.1 Å². The predicted octanol–water partition coefficient (Wildman–Crippen LogP) is 5.14. The molecule has 1 unspecified atom stereocenters. The van der Waals surface area contributed by atoms with Crippen molar-refractivity contribution in [2.24, 2.45) is 0 Å². The van der Waals surface area contributed by atoms with E-state index in [9.17, 15) is 9.90 Å².